The standard InChI is InChI=1S/C19H29N3O6/c1-19(2,3)28-18(24)21-16(12-11-15-9-5-4-6-10-15)17(23)20-13-7-8-14-27-22(25)26/h4-6,9-10,16H,7-8,11-14H2,1-3H3,(H,20,23)(H,21,24). The molecule has 1 aromatic rings. The minimum absolute atomic E-state index is 0.0174. The van der Waals surface area contributed by atoms with Crippen LogP contribution in [0.5, 0.6) is 0 Å². The zero-order valence-electron chi connectivity index (χ0n) is 16.6. The first-order valence-corrected chi connectivity index (χ1v) is 9.26. The van der Waals surface area contributed by atoms with Crippen molar-refractivity contribution in [1.82, 2.24) is 10.6 Å². The fourth-order valence-corrected chi connectivity index (χ4v) is 2.38. The van der Waals surface area contributed by atoms with Crippen LogP contribution in [-0.2, 0) is 20.8 Å². The van der Waals surface area contributed by atoms with E-state index in [0.29, 0.717) is 32.2 Å². The maximum absolute atomic E-state index is 12.5. The molecule has 0 spiro atoms. The number of ether oxygens (including phenoxy) is 1. The number of hydrogen-bond acceptors (Lipinski definition) is 6. The maximum atomic E-state index is 12.5. The highest BCUT2D eigenvalue weighted by Gasteiger charge is 2.24. The van der Waals surface area contributed by atoms with Crippen LogP contribution in [0.15, 0.2) is 30.3 Å². The van der Waals surface area contributed by atoms with Crippen molar-refractivity contribution in [2.45, 2.75) is 58.1 Å². The first-order valence-electron chi connectivity index (χ1n) is 9.26. The molecule has 1 atom stereocenters. The van der Waals surface area contributed by atoms with Gasteiger partial charge in [-0.05, 0) is 52.0 Å². The van der Waals surface area contributed by atoms with Crippen LogP contribution in [0.2, 0.25) is 0 Å². The molecule has 0 fully saturated rings. The van der Waals surface area contributed by atoms with Crippen LogP contribution >= 0.6 is 0 Å². The Morgan fingerprint density at radius 1 is 1.18 bits per heavy atom. The lowest BCUT2D eigenvalue weighted by Crippen LogP contribution is -2.48. The summed E-state index contributed by atoms with van der Waals surface area (Å²) in [6.07, 6.45) is 1.35. The topological polar surface area (TPSA) is 120 Å². The van der Waals surface area contributed by atoms with Crippen molar-refractivity contribution in [1.29, 1.82) is 0 Å². The molecule has 2 N–H and O–H groups in total. The van der Waals surface area contributed by atoms with Gasteiger partial charge in [0.15, 0.2) is 0 Å². The molecule has 0 aliphatic carbocycles. The van der Waals surface area contributed by atoms with E-state index >= 15 is 0 Å². The zero-order valence-corrected chi connectivity index (χ0v) is 16.6. The van der Waals surface area contributed by atoms with Gasteiger partial charge in [0.1, 0.15) is 11.6 Å². The van der Waals surface area contributed by atoms with Gasteiger partial charge >= 0.3 is 6.09 Å². The lowest BCUT2D eigenvalue weighted by Gasteiger charge is -2.23. The van der Waals surface area contributed by atoms with Crippen LogP contribution in [0, 0.1) is 10.1 Å². The number of aryl methyl sites for hydroxylation is 1. The van der Waals surface area contributed by atoms with E-state index in [1.165, 1.54) is 0 Å². The average Bonchev–Trinajstić information content (AvgIpc) is 2.60. The van der Waals surface area contributed by atoms with Gasteiger partial charge in [-0.25, -0.2) is 4.79 Å². The molecule has 0 aliphatic rings. The van der Waals surface area contributed by atoms with Crippen molar-refractivity contribution < 1.29 is 24.3 Å². The summed E-state index contributed by atoms with van der Waals surface area (Å²) in [6.45, 7) is 5.56. The molecule has 28 heavy (non-hydrogen) atoms. The van der Waals surface area contributed by atoms with Crippen LogP contribution in [-0.4, -0.2) is 41.9 Å². The predicted molar refractivity (Wildman–Crippen MR) is 103 cm³/mol. The van der Waals surface area contributed by atoms with E-state index in [-0.39, 0.29) is 12.5 Å². The molecule has 1 unspecified atom stereocenters. The number of carbonyl (C=O) groups is 2. The molecule has 1 aromatic carbocycles. The average molecular weight is 395 g/mol. The van der Waals surface area contributed by atoms with Gasteiger partial charge in [-0.15, -0.1) is 10.1 Å². The van der Waals surface area contributed by atoms with Crippen molar-refractivity contribution in [2.75, 3.05) is 13.2 Å². The second kappa shape index (κ2) is 11.8. The number of unbranched alkanes of at least 4 members (excludes halogenated alkanes) is 1. The van der Waals surface area contributed by atoms with E-state index in [1.54, 1.807) is 20.8 Å². The van der Waals surface area contributed by atoms with Crippen molar-refractivity contribution in [3.8, 4) is 0 Å². The predicted octanol–water partition coefficient (Wildman–Crippen LogP) is 2.62. The molecule has 0 bridgehead atoms. The SMILES string of the molecule is CC(C)(C)OC(=O)NC(CCc1ccccc1)C(=O)NCCCCO[N+](=O)[O-]. The third kappa shape index (κ3) is 11.0. The third-order valence-corrected chi connectivity index (χ3v) is 3.64. The largest absolute Gasteiger partial charge is 0.444 e. The Hall–Kier alpha value is -2.84. The van der Waals surface area contributed by atoms with E-state index < -0.39 is 22.8 Å². The third-order valence-electron chi connectivity index (χ3n) is 3.64. The van der Waals surface area contributed by atoms with Crippen LogP contribution in [0.1, 0.15) is 45.6 Å². The molecule has 0 saturated heterocycles. The maximum Gasteiger partial charge on any atom is 0.408 e. The Balaban J connectivity index is 2.53. The summed E-state index contributed by atoms with van der Waals surface area (Å²) in [7, 11) is 0. The Morgan fingerprint density at radius 2 is 1.86 bits per heavy atom. The summed E-state index contributed by atoms with van der Waals surface area (Å²) in [5.41, 5.74) is 0.393. The second-order valence-electron chi connectivity index (χ2n) is 7.28. The van der Waals surface area contributed by atoms with Crippen molar-refractivity contribution in [3.63, 3.8) is 0 Å². The molecular formula is C19H29N3O6. The summed E-state index contributed by atoms with van der Waals surface area (Å²) >= 11 is 0. The smallest absolute Gasteiger partial charge is 0.408 e. The molecule has 1 rings (SSSR count). The summed E-state index contributed by atoms with van der Waals surface area (Å²) in [5.74, 6) is -0.322. The molecule has 0 heterocycles. The number of hydrogen-bond donors (Lipinski definition) is 2. The zero-order chi connectivity index (χ0) is 21.0. The summed E-state index contributed by atoms with van der Waals surface area (Å²) < 4.78 is 5.24. The van der Waals surface area contributed by atoms with Crippen molar-refractivity contribution in [3.05, 3.63) is 46.0 Å². The molecule has 156 valence electrons. The normalized spacial score (nSPS) is 12.0. The Kier molecular flexibility index (Phi) is 9.76. The van der Waals surface area contributed by atoms with E-state index in [2.05, 4.69) is 15.5 Å². The molecule has 0 radical (unpaired) electrons. The van der Waals surface area contributed by atoms with Gasteiger partial charge in [0.05, 0.1) is 6.61 Å². The molecule has 0 aromatic heterocycles. The number of benzene rings is 1. The van der Waals surface area contributed by atoms with Crippen molar-refractivity contribution in [2.24, 2.45) is 0 Å². The van der Waals surface area contributed by atoms with Gasteiger partial charge in [-0.3, -0.25) is 4.79 Å². The number of alkyl carbamates (subject to hydrolysis) is 1. The second-order valence-corrected chi connectivity index (χ2v) is 7.28. The highest BCUT2D eigenvalue weighted by Crippen LogP contribution is 2.09. The lowest BCUT2D eigenvalue weighted by atomic mass is 10.0. The van der Waals surface area contributed by atoms with Gasteiger partial charge in [0, 0.05) is 6.54 Å². The fourth-order valence-electron chi connectivity index (χ4n) is 2.38. The summed E-state index contributed by atoms with van der Waals surface area (Å²) in [5, 5.41) is 14.6. The van der Waals surface area contributed by atoms with Gasteiger partial charge in [0.25, 0.3) is 5.09 Å². The van der Waals surface area contributed by atoms with E-state index in [0.717, 1.165) is 5.56 Å². The van der Waals surface area contributed by atoms with Crippen LogP contribution < -0.4 is 10.6 Å². The molecule has 2 amide bonds. The molecule has 0 aliphatic heterocycles. The molecule has 9 heteroatoms. The van der Waals surface area contributed by atoms with Gasteiger partial charge < -0.3 is 20.2 Å². The highest BCUT2D eigenvalue weighted by atomic mass is 16.9. The highest BCUT2D eigenvalue weighted by molar-refractivity contribution is 5.85. The first kappa shape index (κ1) is 23.2. The Morgan fingerprint density at radius 3 is 2.46 bits per heavy atom. The summed E-state index contributed by atoms with van der Waals surface area (Å²) in [4.78, 5) is 38.9. The number of nitrogens with one attached hydrogen (secondary N) is 2. The van der Waals surface area contributed by atoms with Crippen molar-refractivity contribution >= 4 is 12.0 Å². The number of carbonyl (C=O) groups excluding carboxylic acids is 2. The minimum atomic E-state index is -0.844. The molecule has 9 nitrogen and oxygen atoms in total. The van der Waals surface area contributed by atoms with E-state index in [9.17, 15) is 19.7 Å². The van der Waals surface area contributed by atoms with Crippen LogP contribution in [0.4, 0.5) is 4.79 Å². The number of amides is 2. The van der Waals surface area contributed by atoms with E-state index in [4.69, 9.17) is 4.74 Å². The van der Waals surface area contributed by atoms with Gasteiger partial charge in [-0.1, -0.05) is 30.3 Å². The van der Waals surface area contributed by atoms with Crippen LogP contribution in [0.25, 0.3) is 0 Å². The van der Waals surface area contributed by atoms with Gasteiger partial charge in [0.2, 0.25) is 5.91 Å². The molecule has 0 saturated carbocycles. The lowest BCUT2D eigenvalue weighted by molar-refractivity contribution is -0.757. The van der Waals surface area contributed by atoms with Crippen LogP contribution in [0.3, 0.4) is 0 Å². The minimum Gasteiger partial charge on any atom is -0.444 e. The number of rotatable bonds is 11. The van der Waals surface area contributed by atoms with E-state index in [1.807, 2.05) is 30.3 Å². The first-order chi connectivity index (χ1) is 13.2. The quantitative estimate of drug-likeness (QED) is 0.338. The monoisotopic (exact) mass is 395 g/mol. The Bertz CT molecular complexity index is 630. The molecular weight excluding hydrogens is 366 g/mol. The van der Waals surface area contributed by atoms with Gasteiger partial charge in [-0.2, -0.15) is 0 Å². The number of nitrogens with zero attached hydrogens (tertiary/aromatic N) is 1. The summed E-state index contributed by atoms with van der Waals surface area (Å²) in [6, 6.07) is 8.91. The Labute approximate surface area is 164 Å². The fraction of sp³-hybridized carbons (Fsp3) is 0.579.